The summed E-state index contributed by atoms with van der Waals surface area (Å²) in [5, 5.41) is 37.3. The van der Waals surface area contributed by atoms with Crippen LogP contribution in [0.25, 0.3) is 0 Å². The molecule has 4 atom stereocenters. The molecular weight excluding hydrogens is 771 g/mol. The molecule has 0 radical (unpaired) electrons. The largest absolute Gasteiger partial charge is 0.507 e. The van der Waals surface area contributed by atoms with Gasteiger partial charge in [-0.25, -0.2) is 15.1 Å². The van der Waals surface area contributed by atoms with E-state index in [0.29, 0.717) is 47.8 Å². The Morgan fingerprint density at radius 1 is 0.983 bits per heavy atom. The predicted molar refractivity (Wildman–Crippen MR) is 227 cm³/mol. The summed E-state index contributed by atoms with van der Waals surface area (Å²) < 4.78 is 11.7. The molecule has 0 bridgehead atoms. The fourth-order valence-electron chi connectivity index (χ4n) is 7.74. The van der Waals surface area contributed by atoms with Crippen molar-refractivity contribution in [2.24, 2.45) is 16.8 Å². The molecule has 3 rings (SSSR count). The van der Waals surface area contributed by atoms with Gasteiger partial charge in [-0.1, -0.05) is 103 Å². The minimum Gasteiger partial charge on any atom is -0.507 e. The van der Waals surface area contributed by atoms with E-state index in [9.17, 15) is 39.5 Å². The molecule has 15 heteroatoms. The molecule has 336 valence electrons. The minimum atomic E-state index is -1.43. The van der Waals surface area contributed by atoms with Crippen LogP contribution in [0.4, 0.5) is 0 Å². The number of nitrogens with one attached hydrogen (secondary N) is 2. The number of aliphatic imine (C=N–C) groups is 1. The van der Waals surface area contributed by atoms with Crippen molar-refractivity contribution in [3.8, 4) is 5.75 Å². The number of hydrogen-bond acceptors (Lipinski definition) is 11. The van der Waals surface area contributed by atoms with Gasteiger partial charge in [0, 0.05) is 19.2 Å². The molecular formula is C45H71N5O10. The van der Waals surface area contributed by atoms with Crippen molar-refractivity contribution in [1.82, 2.24) is 20.8 Å². The number of ether oxygens (including phenoxy) is 2. The van der Waals surface area contributed by atoms with Gasteiger partial charge in [0.2, 0.25) is 17.7 Å². The van der Waals surface area contributed by atoms with Crippen LogP contribution in [0.5, 0.6) is 5.75 Å². The number of hydrogen-bond donors (Lipinski definition) is 5. The fraction of sp³-hybridized carbons (Fsp3) is 0.689. The van der Waals surface area contributed by atoms with Gasteiger partial charge in [-0.15, -0.1) is 0 Å². The van der Waals surface area contributed by atoms with Gasteiger partial charge in [0.05, 0.1) is 11.5 Å². The first kappa shape index (κ1) is 49.9. The maximum absolute atomic E-state index is 13.8. The molecule has 2 aliphatic heterocycles. The smallest absolute Gasteiger partial charge is 0.325 e. The molecule has 1 aromatic rings. The molecule has 2 aliphatic rings. The lowest BCUT2D eigenvalue weighted by Crippen LogP contribution is -2.56. The average molecular weight is 842 g/mol. The van der Waals surface area contributed by atoms with Crippen molar-refractivity contribution < 1.29 is 49.0 Å². The first-order chi connectivity index (χ1) is 28.8. The van der Waals surface area contributed by atoms with Crippen LogP contribution in [0, 0.1) is 11.8 Å². The van der Waals surface area contributed by atoms with Gasteiger partial charge in [-0.2, -0.15) is 0 Å². The normalized spacial score (nSPS) is 18.4. The number of carbonyl (C=O) groups is 5. The molecule has 1 saturated heterocycles. The van der Waals surface area contributed by atoms with Crippen LogP contribution in [-0.4, -0.2) is 105 Å². The lowest BCUT2D eigenvalue weighted by Gasteiger charge is -2.42. The maximum Gasteiger partial charge on any atom is 0.325 e. The van der Waals surface area contributed by atoms with Crippen LogP contribution in [0.3, 0.4) is 0 Å². The van der Waals surface area contributed by atoms with Crippen molar-refractivity contribution in [2.75, 3.05) is 26.2 Å². The molecule has 0 aliphatic carbocycles. The van der Waals surface area contributed by atoms with E-state index in [-0.39, 0.29) is 37.8 Å². The van der Waals surface area contributed by atoms with Gasteiger partial charge in [-0.05, 0) is 76.3 Å². The number of allylic oxidation sites excluding steroid dienone is 1. The second-order valence-electron chi connectivity index (χ2n) is 16.5. The number of phenols is 1. The van der Waals surface area contributed by atoms with E-state index in [1.54, 1.807) is 45.0 Å². The van der Waals surface area contributed by atoms with Gasteiger partial charge >= 0.3 is 5.97 Å². The number of para-hydroxylation sites is 1. The molecule has 0 spiro atoms. The summed E-state index contributed by atoms with van der Waals surface area (Å²) in [4.78, 5) is 70.1. The predicted octanol–water partition coefficient (Wildman–Crippen LogP) is 6.76. The Kier molecular flexibility index (Phi) is 22.2. The number of aromatic hydroxyl groups is 1. The minimum absolute atomic E-state index is 0.00993. The Labute approximate surface area is 356 Å². The Morgan fingerprint density at radius 2 is 1.65 bits per heavy atom. The van der Waals surface area contributed by atoms with Crippen LogP contribution in [0.1, 0.15) is 149 Å². The van der Waals surface area contributed by atoms with E-state index in [1.165, 1.54) is 69.9 Å². The van der Waals surface area contributed by atoms with E-state index in [0.717, 1.165) is 19.3 Å². The average Bonchev–Trinajstić information content (AvgIpc) is 3.67. The third-order valence-electron chi connectivity index (χ3n) is 11.6. The zero-order valence-electron chi connectivity index (χ0n) is 36.4. The van der Waals surface area contributed by atoms with Gasteiger partial charge < -0.3 is 25.2 Å². The lowest BCUT2D eigenvalue weighted by molar-refractivity contribution is -0.178. The van der Waals surface area contributed by atoms with Crippen LogP contribution in [0.15, 0.2) is 41.4 Å². The molecule has 2 heterocycles. The van der Waals surface area contributed by atoms with Gasteiger partial charge in [-0.3, -0.25) is 34.4 Å². The summed E-state index contributed by atoms with van der Waals surface area (Å²) in [5.41, 5.74) is -1.09. The number of hydroxylamine groups is 4. The van der Waals surface area contributed by atoms with E-state index in [4.69, 9.17) is 9.47 Å². The third kappa shape index (κ3) is 16.2. The van der Waals surface area contributed by atoms with Gasteiger partial charge in [0.15, 0.2) is 6.04 Å². The molecule has 1 fully saturated rings. The Hall–Kier alpha value is -4.50. The standard InChI is InChI=1S/C45H71N5O10/c1-5-6-7-8-9-10-11-12-13-14-15-16-17-27-39(52)49(57)29-23-21-28-45(33(2)3,34(4)41(54)47-36-25-20-22-30-50(58)44(36)56)60-40(53)31-46-42(55)37-32-59-43(48-37)35-24-18-19-26-38(35)51/h17-19,24,26-27,33-34,36-37,51,57-58H,5-16,20-23,25,28-32H2,1-4H3,(H,46,55)(H,47,54)/t34-,36+,37+,45+/m0/s1. The lowest BCUT2D eigenvalue weighted by atomic mass is 9.75. The van der Waals surface area contributed by atoms with Crippen LogP contribution >= 0.6 is 0 Å². The first-order valence-electron chi connectivity index (χ1n) is 22.3. The van der Waals surface area contributed by atoms with Crippen molar-refractivity contribution >= 4 is 35.5 Å². The van der Waals surface area contributed by atoms with Crippen LogP contribution in [0.2, 0.25) is 0 Å². The Balaban J connectivity index is 1.56. The number of nitrogens with zero attached hydrogens (tertiary/aromatic N) is 3. The molecule has 60 heavy (non-hydrogen) atoms. The zero-order valence-corrected chi connectivity index (χ0v) is 36.4. The van der Waals surface area contributed by atoms with E-state index >= 15 is 0 Å². The van der Waals surface area contributed by atoms with E-state index in [2.05, 4.69) is 22.5 Å². The topological polar surface area (TPSA) is 207 Å². The van der Waals surface area contributed by atoms with Crippen molar-refractivity contribution in [2.45, 2.75) is 161 Å². The molecule has 0 unspecified atom stereocenters. The fourth-order valence-corrected chi connectivity index (χ4v) is 7.74. The first-order valence-corrected chi connectivity index (χ1v) is 22.3. The number of phenolic OH excluding ortho intramolecular Hbond substituents is 1. The molecule has 0 saturated carbocycles. The number of amides is 4. The van der Waals surface area contributed by atoms with E-state index in [1.807, 2.05) is 0 Å². The second-order valence-corrected chi connectivity index (χ2v) is 16.5. The Bertz CT molecular complexity index is 1580. The number of rotatable bonds is 27. The van der Waals surface area contributed by atoms with Crippen molar-refractivity contribution in [3.05, 3.63) is 42.0 Å². The molecule has 1 aromatic carbocycles. The Morgan fingerprint density at radius 3 is 2.32 bits per heavy atom. The maximum atomic E-state index is 13.8. The summed E-state index contributed by atoms with van der Waals surface area (Å²) in [5.74, 6) is -4.48. The summed E-state index contributed by atoms with van der Waals surface area (Å²) in [6.45, 7) is 6.97. The van der Waals surface area contributed by atoms with Gasteiger partial charge in [0.25, 0.3) is 11.8 Å². The highest BCUT2D eigenvalue weighted by Crippen LogP contribution is 2.37. The highest BCUT2D eigenvalue weighted by atomic mass is 16.6. The highest BCUT2D eigenvalue weighted by molar-refractivity contribution is 6.00. The highest BCUT2D eigenvalue weighted by Gasteiger charge is 2.47. The monoisotopic (exact) mass is 842 g/mol. The van der Waals surface area contributed by atoms with Crippen LogP contribution < -0.4 is 10.6 Å². The van der Waals surface area contributed by atoms with Gasteiger partial charge in [0.1, 0.15) is 30.5 Å². The molecule has 5 N–H and O–H groups in total. The number of carbonyl (C=O) groups excluding carboxylic acids is 5. The van der Waals surface area contributed by atoms with Crippen LogP contribution in [-0.2, 0) is 33.4 Å². The number of benzene rings is 1. The summed E-state index contributed by atoms with van der Waals surface area (Å²) in [6.07, 6.45) is 19.9. The number of esters is 1. The second kappa shape index (κ2) is 26.7. The summed E-state index contributed by atoms with van der Waals surface area (Å²) in [7, 11) is 0. The SMILES string of the molecule is CCCCCCCCCCCCCC=CC(=O)N(O)CCCC[C@@](OC(=O)CNC(=O)[C@H]1COC(c2ccccc2O)=N1)(C(C)C)[C@@H](C)C(=O)N[C@@H]1CCCCN(O)C1=O. The third-order valence-corrected chi connectivity index (χ3v) is 11.6. The molecule has 15 nitrogen and oxygen atoms in total. The quantitative estimate of drug-likeness (QED) is 0.0207. The summed E-state index contributed by atoms with van der Waals surface area (Å²) in [6, 6.07) is 4.49. The van der Waals surface area contributed by atoms with Crippen molar-refractivity contribution in [1.29, 1.82) is 0 Å². The molecule has 4 amide bonds. The zero-order chi connectivity index (χ0) is 43.9. The molecule has 0 aromatic heterocycles. The van der Waals surface area contributed by atoms with E-state index < -0.39 is 65.7 Å². The number of unbranched alkanes of at least 4 members (excludes halogenated alkanes) is 12. The van der Waals surface area contributed by atoms with Crippen molar-refractivity contribution in [3.63, 3.8) is 0 Å². The summed E-state index contributed by atoms with van der Waals surface area (Å²) >= 11 is 0.